The van der Waals surface area contributed by atoms with E-state index in [9.17, 15) is 0 Å². The first-order valence-electron chi connectivity index (χ1n) is 7.64. The lowest BCUT2D eigenvalue weighted by Gasteiger charge is -2.03. The molecule has 0 aliphatic carbocycles. The fraction of sp³-hybridized carbons (Fsp3) is 0.111. The first-order valence-corrected chi connectivity index (χ1v) is 8.46. The Bertz CT molecular complexity index is 1040. The fourth-order valence-corrected chi connectivity index (χ4v) is 3.99. The van der Waals surface area contributed by atoms with Crippen LogP contribution in [-0.4, -0.2) is 28.3 Å². The molecule has 0 saturated carbocycles. The monoisotopic (exact) mass is 318 g/mol. The summed E-state index contributed by atoms with van der Waals surface area (Å²) in [4.78, 5) is 10.3. The second-order valence-electron chi connectivity index (χ2n) is 5.58. The van der Waals surface area contributed by atoms with Crippen LogP contribution in [0.3, 0.4) is 0 Å². The SMILES string of the molecule is c1ccc2c(c1)sc1nc(-c3ccc(C4=NCCN4)cc3)cn12. The molecular formula is C18H14N4S. The van der Waals surface area contributed by atoms with Crippen molar-refractivity contribution in [1.29, 1.82) is 0 Å². The third-order valence-corrected chi connectivity index (χ3v) is 5.16. The van der Waals surface area contributed by atoms with E-state index >= 15 is 0 Å². The minimum Gasteiger partial charge on any atom is -0.368 e. The van der Waals surface area contributed by atoms with Crippen LogP contribution in [-0.2, 0) is 0 Å². The fourth-order valence-electron chi connectivity index (χ4n) is 2.98. The molecule has 3 heterocycles. The Kier molecular flexibility index (Phi) is 2.75. The molecule has 2 aromatic carbocycles. The first-order chi connectivity index (χ1) is 11.4. The van der Waals surface area contributed by atoms with Crippen LogP contribution >= 0.6 is 11.3 Å². The van der Waals surface area contributed by atoms with Crippen LogP contribution in [0, 0.1) is 0 Å². The summed E-state index contributed by atoms with van der Waals surface area (Å²) in [6.07, 6.45) is 2.12. The predicted molar refractivity (Wildman–Crippen MR) is 95.4 cm³/mol. The number of nitrogens with one attached hydrogen (secondary N) is 1. The van der Waals surface area contributed by atoms with Gasteiger partial charge in [0.25, 0.3) is 0 Å². The minimum atomic E-state index is 0.863. The number of aliphatic imine (C=N–C) groups is 1. The second-order valence-corrected chi connectivity index (χ2v) is 6.59. The van der Waals surface area contributed by atoms with Gasteiger partial charge in [-0.1, -0.05) is 47.7 Å². The van der Waals surface area contributed by atoms with Gasteiger partial charge < -0.3 is 5.32 Å². The van der Waals surface area contributed by atoms with Crippen molar-refractivity contribution >= 4 is 32.3 Å². The van der Waals surface area contributed by atoms with Crippen LogP contribution in [0.5, 0.6) is 0 Å². The number of fused-ring (bicyclic) bond motifs is 3. The largest absolute Gasteiger partial charge is 0.368 e. The number of rotatable bonds is 2. The molecule has 4 nitrogen and oxygen atoms in total. The number of benzene rings is 2. The van der Waals surface area contributed by atoms with Crippen molar-refractivity contribution in [2.75, 3.05) is 13.1 Å². The van der Waals surface area contributed by atoms with Crippen molar-refractivity contribution in [1.82, 2.24) is 14.7 Å². The van der Waals surface area contributed by atoms with E-state index in [2.05, 4.69) is 69.4 Å². The summed E-state index contributed by atoms with van der Waals surface area (Å²) < 4.78 is 3.44. The summed E-state index contributed by atoms with van der Waals surface area (Å²) >= 11 is 1.72. The number of para-hydroxylation sites is 1. The molecule has 0 bridgehead atoms. The smallest absolute Gasteiger partial charge is 0.195 e. The molecule has 0 amide bonds. The van der Waals surface area contributed by atoms with Crippen molar-refractivity contribution in [3.8, 4) is 11.3 Å². The number of hydrogen-bond acceptors (Lipinski definition) is 4. The summed E-state index contributed by atoms with van der Waals surface area (Å²) in [5.74, 6) is 0.994. The molecule has 112 valence electrons. The number of aromatic nitrogens is 2. The number of hydrogen-bond donors (Lipinski definition) is 1. The van der Waals surface area contributed by atoms with Crippen molar-refractivity contribution < 1.29 is 0 Å². The van der Waals surface area contributed by atoms with Gasteiger partial charge in [-0.05, 0) is 12.1 Å². The van der Waals surface area contributed by atoms with Gasteiger partial charge in [0, 0.05) is 23.9 Å². The molecule has 2 aromatic heterocycles. The molecule has 1 N–H and O–H groups in total. The maximum absolute atomic E-state index is 4.78. The van der Waals surface area contributed by atoms with Crippen LogP contribution in [0.1, 0.15) is 5.56 Å². The van der Waals surface area contributed by atoms with E-state index in [1.807, 2.05) is 0 Å². The van der Waals surface area contributed by atoms with Crippen LogP contribution < -0.4 is 5.32 Å². The maximum Gasteiger partial charge on any atom is 0.195 e. The van der Waals surface area contributed by atoms with Gasteiger partial charge >= 0.3 is 0 Å². The van der Waals surface area contributed by atoms with E-state index in [1.165, 1.54) is 10.2 Å². The predicted octanol–water partition coefficient (Wildman–Crippen LogP) is 3.57. The standard InChI is InChI=1S/C18H14N4S/c1-2-4-16-15(3-1)22-11-14(21-18(22)23-16)12-5-7-13(8-6-12)17-19-9-10-20-17/h1-8,11H,9-10H2,(H,19,20). The molecule has 0 spiro atoms. The van der Waals surface area contributed by atoms with E-state index in [0.29, 0.717) is 0 Å². The van der Waals surface area contributed by atoms with Gasteiger partial charge in [-0.3, -0.25) is 9.39 Å². The Morgan fingerprint density at radius 1 is 1.00 bits per heavy atom. The third-order valence-electron chi connectivity index (χ3n) is 4.13. The molecule has 1 aliphatic rings. The molecule has 1 aliphatic heterocycles. The van der Waals surface area contributed by atoms with Crippen LogP contribution in [0.15, 0.2) is 59.7 Å². The quantitative estimate of drug-likeness (QED) is 0.614. The Balaban J connectivity index is 1.57. The average Bonchev–Trinajstić information content (AvgIpc) is 3.31. The summed E-state index contributed by atoms with van der Waals surface area (Å²) in [7, 11) is 0. The van der Waals surface area contributed by atoms with E-state index in [-0.39, 0.29) is 0 Å². The zero-order valence-electron chi connectivity index (χ0n) is 12.4. The van der Waals surface area contributed by atoms with Gasteiger partial charge in [0.15, 0.2) is 4.96 Å². The van der Waals surface area contributed by atoms with E-state index in [4.69, 9.17) is 4.98 Å². The highest BCUT2D eigenvalue weighted by Gasteiger charge is 2.11. The molecule has 0 saturated heterocycles. The molecule has 4 aromatic rings. The summed E-state index contributed by atoms with van der Waals surface area (Å²) in [6.45, 7) is 1.79. The Hall–Kier alpha value is -2.66. The molecule has 0 fully saturated rings. The van der Waals surface area contributed by atoms with Gasteiger partial charge in [0.05, 0.1) is 22.5 Å². The number of amidine groups is 1. The highest BCUT2D eigenvalue weighted by molar-refractivity contribution is 7.23. The van der Waals surface area contributed by atoms with Gasteiger partial charge in [-0.25, -0.2) is 4.98 Å². The van der Waals surface area contributed by atoms with E-state index < -0.39 is 0 Å². The molecule has 0 radical (unpaired) electrons. The van der Waals surface area contributed by atoms with Crippen LogP contribution in [0.25, 0.3) is 26.4 Å². The lowest BCUT2D eigenvalue weighted by Crippen LogP contribution is -2.19. The van der Waals surface area contributed by atoms with Crippen molar-refractivity contribution in [2.45, 2.75) is 0 Å². The second kappa shape index (κ2) is 4.93. The molecule has 5 rings (SSSR count). The number of imidazole rings is 1. The van der Waals surface area contributed by atoms with E-state index in [1.54, 1.807) is 11.3 Å². The summed E-state index contributed by atoms with van der Waals surface area (Å²) in [5.41, 5.74) is 4.49. The van der Waals surface area contributed by atoms with Crippen molar-refractivity contribution in [2.24, 2.45) is 4.99 Å². The van der Waals surface area contributed by atoms with Crippen molar-refractivity contribution in [3.63, 3.8) is 0 Å². The maximum atomic E-state index is 4.78. The van der Waals surface area contributed by atoms with Crippen molar-refractivity contribution in [3.05, 3.63) is 60.3 Å². The van der Waals surface area contributed by atoms with Crippen LogP contribution in [0.4, 0.5) is 0 Å². The van der Waals surface area contributed by atoms with E-state index in [0.717, 1.165) is 40.7 Å². The molecule has 0 unspecified atom stereocenters. The molecule has 23 heavy (non-hydrogen) atoms. The van der Waals surface area contributed by atoms with Gasteiger partial charge in [-0.15, -0.1) is 0 Å². The summed E-state index contributed by atoms with van der Waals surface area (Å²) in [5, 5.41) is 3.30. The zero-order valence-corrected chi connectivity index (χ0v) is 13.2. The molecule has 0 atom stereocenters. The van der Waals surface area contributed by atoms with Gasteiger partial charge in [-0.2, -0.15) is 0 Å². The van der Waals surface area contributed by atoms with Gasteiger partial charge in [0.1, 0.15) is 5.84 Å². The number of thiazole rings is 1. The van der Waals surface area contributed by atoms with Gasteiger partial charge in [0.2, 0.25) is 0 Å². The Morgan fingerprint density at radius 3 is 2.65 bits per heavy atom. The molecule has 5 heteroatoms. The first kappa shape index (κ1) is 12.8. The highest BCUT2D eigenvalue weighted by Crippen LogP contribution is 2.29. The lowest BCUT2D eigenvalue weighted by molar-refractivity contribution is 0.960. The topological polar surface area (TPSA) is 41.7 Å². The highest BCUT2D eigenvalue weighted by atomic mass is 32.1. The molecular weight excluding hydrogens is 304 g/mol. The average molecular weight is 318 g/mol. The number of nitrogens with zero attached hydrogens (tertiary/aromatic N) is 3. The Morgan fingerprint density at radius 2 is 1.83 bits per heavy atom. The lowest BCUT2D eigenvalue weighted by atomic mass is 10.1. The summed E-state index contributed by atoms with van der Waals surface area (Å²) in [6, 6.07) is 16.9. The Labute approximate surface area is 137 Å². The zero-order chi connectivity index (χ0) is 15.2. The third kappa shape index (κ3) is 2.04. The normalized spacial score (nSPS) is 14.3. The van der Waals surface area contributed by atoms with Crippen LogP contribution in [0.2, 0.25) is 0 Å². The minimum absolute atomic E-state index is 0.863.